The fourth-order valence-corrected chi connectivity index (χ4v) is 4.20. The van der Waals surface area contributed by atoms with E-state index in [4.69, 9.17) is 14.4 Å². The second kappa shape index (κ2) is 6.42. The van der Waals surface area contributed by atoms with Gasteiger partial charge in [-0.05, 0) is 18.6 Å². The Morgan fingerprint density at radius 1 is 0.793 bits per heavy atom. The van der Waals surface area contributed by atoms with Gasteiger partial charge in [-0.25, -0.2) is 9.97 Å². The van der Waals surface area contributed by atoms with Gasteiger partial charge in [-0.3, -0.25) is 0 Å². The number of allylic oxidation sites excluding steroid dienone is 1. The molecule has 0 saturated carbocycles. The molecule has 2 heterocycles. The summed E-state index contributed by atoms with van der Waals surface area (Å²) in [6.45, 7) is 0. The Morgan fingerprint density at radius 2 is 1.66 bits per heavy atom. The Labute approximate surface area is 168 Å². The van der Waals surface area contributed by atoms with Crippen LogP contribution in [-0.4, -0.2) is 9.97 Å². The molecule has 0 spiro atoms. The summed E-state index contributed by atoms with van der Waals surface area (Å²) >= 11 is 0. The number of furan rings is 1. The molecule has 1 aliphatic rings. The van der Waals surface area contributed by atoms with Crippen LogP contribution < -0.4 is 0 Å². The summed E-state index contributed by atoms with van der Waals surface area (Å²) in [5, 5.41) is 2.16. The van der Waals surface area contributed by atoms with Gasteiger partial charge in [0, 0.05) is 33.9 Å². The molecule has 0 atom stereocenters. The molecule has 29 heavy (non-hydrogen) atoms. The van der Waals surface area contributed by atoms with E-state index in [0.29, 0.717) is 0 Å². The van der Waals surface area contributed by atoms with Gasteiger partial charge in [0.25, 0.3) is 0 Å². The van der Waals surface area contributed by atoms with Gasteiger partial charge >= 0.3 is 0 Å². The number of aryl methyl sites for hydroxylation is 1. The van der Waals surface area contributed by atoms with Crippen LogP contribution >= 0.6 is 0 Å². The molecule has 0 saturated heterocycles. The first kappa shape index (κ1) is 16.3. The van der Waals surface area contributed by atoms with Crippen molar-refractivity contribution >= 4 is 27.9 Å². The van der Waals surface area contributed by atoms with Crippen molar-refractivity contribution < 1.29 is 4.42 Å². The highest BCUT2D eigenvalue weighted by Crippen LogP contribution is 2.38. The van der Waals surface area contributed by atoms with Gasteiger partial charge in [-0.15, -0.1) is 0 Å². The first-order valence-electron chi connectivity index (χ1n) is 9.92. The normalized spacial score (nSPS) is 13.1. The molecule has 6 rings (SSSR count). The van der Waals surface area contributed by atoms with E-state index >= 15 is 0 Å². The Hall–Kier alpha value is -3.72. The lowest BCUT2D eigenvalue weighted by atomic mass is 9.98. The van der Waals surface area contributed by atoms with Crippen LogP contribution in [0.4, 0.5) is 0 Å². The molecule has 1 aliphatic carbocycles. The summed E-state index contributed by atoms with van der Waals surface area (Å²) in [5.74, 6) is 1.79. The van der Waals surface area contributed by atoms with E-state index in [2.05, 4.69) is 42.5 Å². The third-order valence-electron chi connectivity index (χ3n) is 5.54. The molecular weight excluding hydrogens is 356 g/mol. The molecule has 3 aromatic carbocycles. The van der Waals surface area contributed by atoms with Crippen LogP contribution in [0.5, 0.6) is 0 Å². The molecule has 0 unspecified atom stereocenters. The highest BCUT2D eigenvalue weighted by Gasteiger charge is 2.20. The van der Waals surface area contributed by atoms with Crippen molar-refractivity contribution in [2.24, 2.45) is 0 Å². The maximum absolute atomic E-state index is 6.15. The summed E-state index contributed by atoms with van der Waals surface area (Å²) < 4.78 is 6.15. The first-order chi connectivity index (χ1) is 14.4. The van der Waals surface area contributed by atoms with Crippen molar-refractivity contribution in [3.63, 3.8) is 0 Å². The van der Waals surface area contributed by atoms with Gasteiger partial charge in [0.05, 0.1) is 11.2 Å². The minimum Gasteiger partial charge on any atom is -0.460 e. The van der Waals surface area contributed by atoms with Crippen molar-refractivity contribution in [3.8, 4) is 22.6 Å². The van der Waals surface area contributed by atoms with Crippen LogP contribution in [0.3, 0.4) is 0 Å². The van der Waals surface area contributed by atoms with Crippen LogP contribution in [0.15, 0.2) is 83.3 Å². The quantitative estimate of drug-likeness (QED) is 0.346. The Bertz CT molecular complexity index is 1400. The van der Waals surface area contributed by atoms with Crippen molar-refractivity contribution in [2.75, 3.05) is 0 Å². The standard InChI is InChI=1S/C26H18N2O/c1-2-9-17(10-3-1)25-18-11-4-6-14-21(18)27-26(28-25)20-13-8-16-23-24(20)19-12-5-7-15-22(19)29-23/h1-6,8-14,16H,7,15H2. The Morgan fingerprint density at radius 3 is 2.59 bits per heavy atom. The van der Waals surface area contributed by atoms with Crippen molar-refractivity contribution in [1.82, 2.24) is 9.97 Å². The monoisotopic (exact) mass is 374 g/mol. The third-order valence-corrected chi connectivity index (χ3v) is 5.54. The van der Waals surface area contributed by atoms with Gasteiger partial charge in [-0.1, -0.05) is 72.8 Å². The molecule has 0 fully saturated rings. The lowest BCUT2D eigenvalue weighted by Gasteiger charge is -2.10. The van der Waals surface area contributed by atoms with E-state index in [1.807, 2.05) is 42.5 Å². The molecule has 0 N–H and O–H groups in total. The molecule has 3 nitrogen and oxygen atoms in total. The lowest BCUT2D eigenvalue weighted by Crippen LogP contribution is -1.96. The molecule has 0 bridgehead atoms. The highest BCUT2D eigenvalue weighted by atomic mass is 16.3. The summed E-state index contributed by atoms with van der Waals surface area (Å²) in [4.78, 5) is 9.98. The van der Waals surface area contributed by atoms with Crippen LogP contribution in [0.25, 0.3) is 50.6 Å². The van der Waals surface area contributed by atoms with E-state index in [1.165, 1.54) is 5.56 Å². The van der Waals surface area contributed by atoms with Crippen molar-refractivity contribution in [3.05, 3.63) is 90.2 Å². The fraction of sp³-hybridized carbons (Fsp3) is 0.0769. The molecule has 0 amide bonds. The summed E-state index contributed by atoms with van der Waals surface area (Å²) in [5.41, 5.74) is 6.07. The largest absolute Gasteiger partial charge is 0.460 e. The predicted molar refractivity (Wildman–Crippen MR) is 118 cm³/mol. The second-order valence-corrected chi connectivity index (χ2v) is 7.34. The fourth-order valence-electron chi connectivity index (χ4n) is 4.20. The zero-order chi connectivity index (χ0) is 19.2. The number of hydrogen-bond acceptors (Lipinski definition) is 3. The first-order valence-corrected chi connectivity index (χ1v) is 9.92. The summed E-state index contributed by atoms with van der Waals surface area (Å²) in [6.07, 6.45) is 6.35. The smallest absolute Gasteiger partial charge is 0.161 e. The molecule has 138 valence electrons. The SMILES string of the molecule is C1=Cc2c(oc3cccc(-c4nc(-c5ccccc5)c5ccccc5n4)c23)CC1. The van der Waals surface area contributed by atoms with E-state index in [0.717, 1.165) is 63.1 Å². The van der Waals surface area contributed by atoms with Gasteiger partial charge in [0.2, 0.25) is 0 Å². The molecule has 0 aliphatic heterocycles. The maximum Gasteiger partial charge on any atom is 0.161 e. The van der Waals surface area contributed by atoms with Crippen LogP contribution in [0.2, 0.25) is 0 Å². The minimum atomic E-state index is 0.732. The number of hydrogen-bond donors (Lipinski definition) is 0. The van der Waals surface area contributed by atoms with Crippen LogP contribution in [0, 0.1) is 0 Å². The zero-order valence-corrected chi connectivity index (χ0v) is 15.8. The maximum atomic E-state index is 6.15. The van der Waals surface area contributed by atoms with Gasteiger partial charge in [0.15, 0.2) is 5.82 Å². The van der Waals surface area contributed by atoms with Gasteiger partial charge < -0.3 is 4.42 Å². The van der Waals surface area contributed by atoms with Crippen LogP contribution in [0.1, 0.15) is 17.7 Å². The number of benzene rings is 3. The predicted octanol–water partition coefficient (Wildman–Crippen LogP) is 6.67. The van der Waals surface area contributed by atoms with Gasteiger partial charge in [0.1, 0.15) is 11.3 Å². The van der Waals surface area contributed by atoms with Crippen molar-refractivity contribution in [2.45, 2.75) is 12.8 Å². The lowest BCUT2D eigenvalue weighted by molar-refractivity contribution is 0.546. The molecular formula is C26H18N2O. The zero-order valence-electron chi connectivity index (χ0n) is 15.8. The topological polar surface area (TPSA) is 38.9 Å². The van der Waals surface area contributed by atoms with E-state index in [1.54, 1.807) is 0 Å². The average Bonchev–Trinajstić information content (AvgIpc) is 3.18. The molecule has 3 heteroatoms. The summed E-state index contributed by atoms with van der Waals surface area (Å²) in [6, 6.07) is 24.7. The van der Waals surface area contributed by atoms with Gasteiger partial charge in [-0.2, -0.15) is 0 Å². The van der Waals surface area contributed by atoms with Crippen molar-refractivity contribution in [1.29, 1.82) is 0 Å². The highest BCUT2D eigenvalue weighted by molar-refractivity contribution is 6.01. The number of para-hydroxylation sites is 1. The van der Waals surface area contributed by atoms with E-state index < -0.39 is 0 Å². The number of rotatable bonds is 2. The van der Waals surface area contributed by atoms with Crippen LogP contribution in [-0.2, 0) is 6.42 Å². The Balaban J connectivity index is 1.68. The minimum absolute atomic E-state index is 0.732. The number of fused-ring (bicyclic) bond motifs is 4. The Kier molecular flexibility index (Phi) is 3.60. The second-order valence-electron chi connectivity index (χ2n) is 7.34. The third kappa shape index (κ3) is 2.59. The number of aromatic nitrogens is 2. The van der Waals surface area contributed by atoms with E-state index in [9.17, 15) is 0 Å². The molecule has 5 aromatic rings. The average molecular weight is 374 g/mol. The van der Waals surface area contributed by atoms with E-state index in [-0.39, 0.29) is 0 Å². The molecule has 0 radical (unpaired) electrons. The number of nitrogens with zero attached hydrogens (tertiary/aromatic N) is 2. The molecule has 2 aromatic heterocycles. The summed E-state index contributed by atoms with van der Waals surface area (Å²) in [7, 11) is 0.